The van der Waals surface area contributed by atoms with E-state index in [9.17, 15) is 9.59 Å². The summed E-state index contributed by atoms with van der Waals surface area (Å²) in [5.74, 6) is -0.860. The molecule has 0 aromatic carbocycles. The Morgan fingerprint density at radius 2 is 1.12 bits per heavy atom. The lowest BCUT2D eigenvalue weighted by Crippen LogP contribution is -2.35. The quantitative estimate of drug-likeness (QED) is 0.694. The van der Waals surface area contributed by atoms with Gasteiger partial charge in [-0.1, -0.05) is 0 Å². The van der Waals surface area contributed by atoms with E-state index in [1.54, 1.807) is 27.7 Å². The van der Waals surface area contributed by atoms with Crippen LogP contribution in [0.2, 0.25) is 0 Å². The Morgan fingerprint density at radius 1 is 0.882 bits per heavy atom. The maximum atomic E-state index is 11.0. The fourth-order valence-corrected chi connectivity index (χ4v) is 0.609. The SMILES string of the molecule is CC(C)(CN=NCC(C)(C)C(N)=O)C(N)=O.Cl. The average molecular weight is 265 g/mol. The first-order valence-electron chi connectivity index (χ1n) is 5.03. The van der Waals surface area contributed by atoms with E-state index in [0.29, 0.717) is 0 Å². The molecule has 0 rings (SSSR count). The fourth-order valence-electron chi connectivity index (χ4n) is 0.609. The third kappa shape index (κ3) is 6.21. The van der Waals surface area contributed by atoms with Gasteiger partial charge in [-0.2, -0.15) is 10.2 Å². The number of nitrogens with two attached hydrogens (primary N) is 2. The van der Waals surface area contributed by atoms with Gasteiger partial charge in [0, 0.05) is 0 Å². The molecule has 0 aliphatic heterocycles. The molecule has 0 saturated carbocycles. The molecular weight excluding hydrogens is 244 g/mol. The van der Waals surface area contributed by atoms with Crippen molar-refractivity contribution >= 4 is 24.2 Å². The van der Waals surface area contributed by atoms with Crippen molar-refractivity contribution in [3.8, 4) is 0 Å². The molecule has 0 fully saturated rings. The number of hydrogen-bond acceptors (Lipinski definition) is 4. The van der Waals surface area contributed by atoms with Crippen LogP contribution in [0.15, 0.2) is 10.2 Å². The summed E-state index contributed by atoms with van der Waals surface area (Å²) in [5.41, 5.74) is 8.90. The third-order valence-corrected chi connectivity index (χ3v) is 2.37. The summed E-state index contributed by atoms with van der Waals surface area (Å²) < 4.78 is 0. The topological polar surface area (TPSA) is 111 Å². The summed E-state index contributed by atoms with van der Waals surface area (Å²) in [4.78, 5) is 21.9. The second-order valence-electron chi connectivity index (χ2n) is 5.10. The number of rotatable bonds is 6. The summed E-state index contributed by atoms with van der Waals surface area (Å²) in [6.07, 6.45) is 0. The van der Waals surface area contributed by atoms with Crippen LogP contribution in [0, 0.1) is 10.8 Å². The van der Waals surface area contributed by atoms with Gasteiger partial charge in [-0.15, -0.1) is 12.4 Å². The van der Waals surface area contributed by atoms with Crippen LogP contribution < -0.4 is 11.5 Å². The molecule has 0 aromatic heterocycles. The van der Waals surface area contributed by atoms with Gasteiger partial charge in [-0.25, -0.2) is 0 Å². The largest absolute Gasteiger partial charge is 0.369 e. The summed E-state index contributed by atoms with van der Waals surface area (Å²) in [6.45, 7) is 7.16. The van der Waals surface area contributed by atoms with E-state index in [4.69, 9.17) is 11.5 Å². The summed E-state index contributed by atoms with van der Waals surface area (Å²) >= 11 is 0. The molecule has 0 aliphatic rings. The molecular formula is C10H21ClN4O2. The summed E-state index contributed by atoms with van der Waals surface area (Å²) in [6, 6.07) is 0. The van der Waals surface area contributed by atoms with Crippen molar-refractivity contribution in [3.63, 3.8) is 0 Å². The first-order valence-corrected chi connectivity index (χ1v) is 5.03. The first kappa shape index (κ1) is 18.2. The molecule has 4 N–H and O–H groups in total. The summed E-state index contributed by atoms with van der Waals surface area (Å²) in [5, 5.41) is 7.70. The van der Waals surface area contributed by atoms with Gasteiger partial charge in [0.1, 0.15) is 0 Å². The number of carbonyl (C=O) groups is 2. The lowest BCUT2D eigenvalue weighted by molar-refractivity contribution is -0.126. The molecule has 0 radical (unpaired) electrons. The minimum Gasteiger partial charge on any atom is -0.369 e. The van der Waals surface area contributed by atoms with Crippen LogP contribution in [-0.2, 0) is 9.59 Å². The number of azo groups is 1. The lowest BCUT2D eigenvalue weighted by atomic mass is 9.93. The molecule has 0 saturated heterocycles. The van der Waals surface area contributed by atoms with E-state index < -0.39 is 22.6 Å². The van der Waals surface area contributed by atoms with Crippen LogP contribution >= 0.6 is 12.4 Å². The monoisotopic (exact) mass is 264 g/mol. The van der Waals surface area contributed by atoms with Gasteiger partial charge in [-0.05, 0) is 27.7 Å². The van der Waals surface area contributed by atoms with E-state index in [2.05, 4.69) is 10.2 Å². The standard InChI is InChI=1S/C10H20N4O2.ClH/c1-9(2,7(11)15)5-13-14-6-10(3,4)8(12)16;/h5-6H2,1-4H3,(H2,11,15)(H2,12,16);1H. The molecule has 7 heteroatoms. The van der Waals surface area contributed by atoms with Gasteiger partial charge in [-0.3, -0.25) is 9.59 Å². The van der Waals surface area contributed by atoms with E-state index in [1.807, 2.05) is 0 Å². The molecule has 0 aliphatic carbocycles. The molecule has 0 unspecified atom stereocenters. The van der Waals surface area contributed by atoms with E-state index in [0.717, 1.165) is 0 Å². The smallest absolute Gasteiger partial charge is 0.225 e. The fraction of sp³-hybridized carbons (Fsp3) is 0.800. The number of hydrogen-bond donors (Lipinski definition) is 2. The van der Waals surface area contributed by atoms with Gasteiger partial charge in [0.15, 0.2) is 0 Å². The molecule has 0 bridgehead atoms. The Bertz CT molecular complexity index is 283. The van der Waals surface area contributed by atoms with Crippen molar-refractivity contribution in [1.82, 2.24) is 0 Å². The second-order valence-corrected chi connectivity index (χ2v) is 5.10. The Labute approximate surface area is 108 Å². The number of primary amides is 2. The second kappa shape index (κ2) is 6.54. The molecule has 0 spiro atoms. The normalized spacial score (nSPS) is 12.2. The highest BCUT2D eigenvalue weighted by Gasteiger charge is 2.26. The van der Waals surface area contributed by atoms with Crippen LogP contribution in [-0.4, -0.2) is 24.9 Å². The maximum Gasteiger partial charge on any atom is 0.225 e. The average Bonchev–Trinajstić information content (AvgIpc) is 2.12. The van der Waals surface area contributed by atoms with Gasteiger partial charge in [0.05, 0.1) is 23.9 Å². The van der Waals surface area contributed by atoms with E-state index in [1.165, 1.54) is 0 Å². The van der Waals surface area contributed by atoms with Gasteiger partial charge < -0.3 is 11.5 Å². The zero-order valence-corrected chi connectivity index (χ0v) is 11.5. The number of amides is 2. The number of carbonyl (C=O) groups excluding carboxylic acids is 2. The van der Waals surface area contributed by atoms with Crippen LogP contribution in [0.1, 0.15) is 27.7 Å². The van der Waals surface area contributed by atoms with Crippen molar-refractivity contribution in [3.05, 3.63) is 0 Å². The predicted molar refractivity (Wildman–Crippen MR) is 67.8 cm³/mol. The highest BCUT2D eigenvalue weighted by molar-refractivity contribution is 5.85. The predicted octanol–water partition coefficient (Wildman–Crippen LogP) is 0.883. The Balaban J connectivity index is 0. The Morgan fingerprint density at radius 3 is 1.29 bits per heavy atom. The molecule has 0 atom stereocenters. The van der Waals surface area contributed by atoms with Crippen molar-refractivity contribution in [2.45, 2.75) is 27.7 Å². The van der Waals surface area contributed by atoms with Gasteiger partial charge in [0.25, 0.3) is 0 Å². The van der Waals surface area contributed by atoms with Crippen LogP contribution in [0.25, 0.3) is 0 Å². The Hall–Kier alpha value is -1.17. The van der Waals surface area contributed by atoms with Gasteiger partial charge in [0.2, 0.25) is 11.8 Å². The van der Waals surface area contributed by atoms with Gasteiger partial charge >= 0.3 is 0 Å². The Kier molecular flexibility index (Phi) is 7.00. The maximum absolute atomic E-state index is 11.0. The molecule has 2 amide bonds. The van der Waals surface area contributed by atoms with Crippen molar-refractivity contribution in [1.29, 1.82) is 0 Å². The van der Waals surface area contributed by atoms with Crippen molar-refractivity contribution < 1.29 is 9.59 Å². The van der Waals surface area contributed by atoms with Crippen molar-refractivity contribution in [2.24, 2.45) is 32.5 Å². The minimum atomic E-state index is -0.722. The van der Waals surface area contributed by atoms with Crippen LogP contribution in [0.3, 0.4) is 0 Å². The minimum absolute atomic E-state index is 0. The lowest BCUT2D eigenvalue weighted by Gasteiger charge is -2.18. The zero-order valence-electron chi connectivity index (χ0n) is 10.7. The number of halogens is 1. The first-order chi connectivity index (χ1) is 7.09. The third-order valence-electron chi connectivity index (χ3n) is 2.37. The summed E-state index contributed by atoms with van der Waals surface area (Å²) in [7, 11) is 0. The molecule has 0 heterocycles. The molecule has 6 nitrogen and oxygen atoms in total. The van der Waals surface area contributed by atoms with Crippen molar-refractivity contribution in [2.75, 3.05) is 13.1 Å². The molecule has 17 heavy (non-hydrogen) atoms. The van der Waals surface area contributed by atoms with Crippen LogP contribution in [0.4, 0.5) is 0 Å². The molecule has 100 valence electrons. The highest BCUT2D eigenvalue weighted by Crippen LogP contribution is 2.17. The van der Waals surface area contributed by atoms with E-state index >= 15 is 0 Å². The van der Waals surface area contributed by atoms with E-state index in [-0.39, 0.29) is 25.5 Å². The number of nitrogens with zero attached hydrogens (tertiary/aromatic N) is 2. The zero-order chi connectivity index (χ0) is 13.0. The van der Waals surface area contributed by atoms with Crippen LogP contribution in [0.5, 0.6) is 0 Å². The molecule has 0 aromatic rings. The highest BCUT2D eigenvalue weighted by atomic mass is 35.5.